The molecule has 0 amide bonds. The second-order valence-electron chi connectivity index (χ2n) is 3.69. The summed E-state index contributed by atoms with van der Waals surface area (Å²) in [5.74, 6) is 0.554. The van der Waals surface area contributed by atoms with Crippen molar-refractivity contribution in [2.24, 2.45) is 0 Å². The Hall–Kier alpha value is 0.230. The van der Waals surface area contributed by atoms with Crippen LogP contribution in [0.2, 0.25) is 0 Å². The molecule has 2 aliphatic rings. The van der Waals surface area contributed by atoms with Gasteiger partial charge >= 0.3 is 0 Å². The van der Waals surface area contributed by atoms with Crippen LogP contribution in [0, 0.1) is 0 Å². The fraction of sp³-hybridized carbons (Fsp3) is 1.00. The van der Waals surface area contributed by atoms with E-state index in [9.17, 15) is 15.3 Å². The number of aliphatic hydroxyl groups is 3. The number of thioether (sulfide) groups is 1. The lowest BCUT2D eigenvalue weighted by Crippen LogP contribution is -2.46. The monoisotopic (exact) mass is 190 g/mol. The van der Waals surface area contributed by atoms with E-state index < -0.39 is 23.1 Å². The predicted octanol–water partition coefficient (Wildman–Crippen LogP) is -0.261. The first-order valence-electron chi connectivity index (χ1n) is 4.35. The first-order valence-corrected chi connectivity index (χ1v) is 5.33. The maximum absolute atomic E-state index is 9.69. The van der Waals surface area contributed by atoms with Crippen LogP contribution in [-0.4, -0.2) is 44.1 Å². The van der Waals surface area contributed by atoms with Crippen molar-refractivity contribution in [2.75, 3.05) is 5.75 Å². The van der Waals surface area contributed by atoms with E-state index >= 15 is 0 Å². The van der Waals surface area contributed by atoms with Crippen molar-refractivity contribution >= 4 is 11.8 Å². The summed E-state index contributed by atoms with van der Waals surface area (Å²) in [6.45, 7) is 0. The van der Waals surface area contributed by atoms with Crippen molar-refractivity contribution < 1.29 is 15.3 Å². The van der Waals surface area contributed by atoms with E-state index in [2.05, 4.69) is 0 Å². The zero-order chi connectivity index (χ0) is 8.77. The first-order chi connectivity index (χ1) is 5.67. The molecule has 0 radical (unpaired) electrons. The van der Waals surface area contributed by atoms with Gasteiger partial charge in [0.25, 0.3) is 0 Å². The van der Waals surface area contributed by atoms with E-state index in [0.29, 0.717) is 5.75 Å². The van der Waals surface area contributed by atoms with Crippen LogP contribution in [0.4, 0.5) is 0 Å². The molecule has 1 saturated heterocycles. The summed E-state index contributed by atoms with van der Waals surface area (Å²) in [4.78, 5) is 0. The standard InChI is InChI=1S/C8H14O3S/c9-5-4-12-8(7(5)11)3-1-2-6(8)10/h5-7,9-11H,1-4H2/t5-,6-,7-,8?/m0/s1. The first kappa shape index (κ1) is 8.81. The van der Waals surface area contributed by atoms with Gasteiger partial charge in [-0.2, -0.15) is 0 Å². The fourth-order valence-corrected chi connectivity index (χ4v) is 3.83. The highest BCUT2D eigenvalue weighted by Crippen LogP contribution is 2.49. The van der Waals surface area contributed by atoms with E-state index in [4.69, 9.17) is 0 Å². The molecule has 70 valence electrons. The minimum atomic E-state index is -0.736. The molecule has 12 heavy (non-hydrogen) atoms. The minimum Gasteiger partial charge on any atom is -0.392 e. The van der Waals surface area contributed by atoms with Crippen molar-refractivity contribution in [1.29, 1.82) is 0 Å². The molecule has 0 aromatic carbocycles. The summed E-state index contributed by atoms with van der Waals surface area (Å²) < 4.78 is -0.445. The maximum Gasteiger partial charge on any atom is 0.0978 e. The molecule has 4 atom stereocenters. The van der Waals surface area contributed by atoms with Crippen LogP contribution in [-0.2, 0) is 0 Å². The second kappa shape index (κ2) is 2.87. The summed E-state index contributed by atoms with van der Waals surface area (Å²) in [5, 5.41) is 28.7. The van der Waals surface area contributed by atoms with E-state index in [1.807, 2.05) is 0 Å². The summed E-state index contributed by atoms with van der Waals surface area (Å²) in [6.07, 6.45) is 0.726. The van der Waals surface area contributed by atoms with Crippen molar-refractivity contribution in [1.82, 2.24) is 0 Å². The molecule has 3 N–H and O–H groups in total. The molecule has 2 rings (SSSR count). The molecule has 1 aliphatic carbocycles. The number of rotatable bonds is 0. The topological polar surface area (TPSA) is 60.7 Å². The summed E-state index contributed by atoms with van der Waals surface area (Å²) in [7, 11) is 0. The summed E-state index contributed by atoms with van der Waals surface area (Å²) >= 11 is 1.53. The smallest absolute Gasteiger partial charge is 0.0978 e. The number of hydrogen-bond donors (Lipinski definition) is 3. The van der Waals surface area contributed by atoms with E-state index in [-0.39, 0.29) is 0 Å². The van der Waals surface area contributed by atoms with Gasteiger partial charge < -0.3 is 15.3 Å². The molecule has 1 saturated carbocycles. The molecular weight excluding hydrogens is 176 g/mol. The van der Waals surface area contributed by atoms with E-state index in [0.717, 1.165) is 19.3 Å². The Labute approximate surface area is 75.8 Å². The summed E-state index contributed by atoms with van der Waals surface area (Å²) in [6, 6.07) is 0. The quantitative estimate of drug-likeness (QED) is 0.492. The van der Waals surface area contributed by atoms with Crippen LogP contribution >= 0.6 is 11.8 Å². The Morgan fingerprint density at radius 3 is 2.42 bits per heavy atom. The molecule has 3 nitrogen and oxygen atoms in total. The highest BCUT2D eigenvalue weighted by molar-refractivity contribution is 8.01. The largest absolute Gasteiger partial charge is 0.392 e. The van der Waals surface area contributed by atoms with Gasteiger partial charge in [-0.05, 0) is 19.3 Å². The molecule has 1 spiro atoms. The van der Waals surface area contributed by atoms with Gasteiger partial charge in [0, 0.05) is 5.75 Å². The molecule has 1 unspecified atom stereocenters. The Balaban J connectivity index is 2.20. The highest BCUT2D eigenvalue weighted by atomic mass is 32.2. The second-order valence-corrected chi connectivity index (χ2v) is 5.07. The SMILES string of the molecule is O[C@H]1CSC2(CCC[C@@H]2O)[C@H]1O. The van der Waals surface area contributed by atoms with Gasteiger partial charge in [0.1, 0.15) is 0 Å². The molecule has 2 fully saturated rings. The minimum absolute atomic E-state index is 0.436. The normalized spacial score (nSPS) is 53.8. The van der Waals surface area contributed by atoms with Crippen LogP contribution in [0.1, 0.15) is 19.3 Å². The average molecular weight is 190 g/mol. The lowest BCUT2D eigenvalue weighted by atomic mass is 9.94. The maximum atomic E-state index is 9.69. The molecule has 0 aromatic rings. The van der Waals surface area contributed by atoms with Crippen LogP contribution in [0.3, 0.4) is 0 Å². The highest BCUT2D eigenvalue weighted by Gasteiger charge is 2.54. The van der Waals surface area contributed by atoms with Crippen LogP contribution in [0.25, 0.3) is 0 Å². The molecule has 1 aliphatic heterocycles. The van der Waals surface area contributed by atoms with Gasteiger partial charge in [0.05, 0.1) is 23.1 Å². The predicted molar refractivity (Wildman–Crippen MR) is 47.1 cm³/mol. The van der Waals surface area contributed by atoms with Crippen LogP contribution in [0.15, 0.2) is 0 Å². The Morgan fingerprint density at radius 1 is 1.25 bits per heavy atom. The summed E-state index contributed by atoms with van der Waals surface area (Å²) in [5.41, 5.74) is 0. The Morgan fingerprint density at radius 2 is 2.00 bits per heavy atom. The molecule has 4 heteroatoms. The van der Waals surface area contributed by atoms with Gasteiger partial charge in [-0.3, -0.25) is 0 Å². The van der Waals surface area contributed by atoms with Crippen molar-refractivity contribution in [2.45, 2.75) is 42.3 Å². The lowest BCUT2D eigenvalue weighted by Gasteiger charge is -2.30. The zero-order valence-corrected chi connectivity index (χ0v) is 7.63. The fourth-order valence-electron chi connectivity index (χ4n) is 2.24. The third kappa shape index (κ3) is 1.02. The van der Waals surface area contributed by atoms with Gasteiger partial charge in [-0.1, -0.05) is 0 Å². The molecule has 1 heterocycles. The number of aliphatic hydroxyl groups excluding tert-OH is 3. The van der Waals surface area contributed by atoms with Gasteiger partial charge in [0.2, 0.25) is 0 Å². The van der Waals surface area contributed by atoms with Crippen molar-refractivity contribution in [3.63, 3.8) is 0 Å². The zero-order valence-electron chi connectivity index (χ0n) is 6.81. The van der Waals surface area contributed by atoms with Crippen molar-refractivity contribution in [3.05, 3.63) is 0 Å². The van der Waals surface area contributed by atoms with Gasteiger partial charge in [0.15, 0.2) is 0 Å². The van der Waals surface area contributed by atoms with Crippen LogP contribution < -0.4 is 0 Å². The lowest BCUT2D eigenvalue weighted by molar-refractivity contribution is -0.0108. The van der Waals surface area contributed by atoms with E-state index in [1.54, 1.807) is 0 Å². The van der Waals surface area contributed by atoms with Crippen molar-refractivity contribution in [3.8, 4) is 0 Å². The molecule has 0 aromatic heterocycles. The molecular formula is C8H14O3S. The Bertz CT molecular complexity index is 187. The Kier molecular flexibility index (Phi) is 2.11. The number of hydrogen-bond acceptors (Lipinski definition) is 4. The van der Waals surface area contributed by atoms with E-state index in [1.165, 1.54) is 11.8 Å². The molecule has 0 bridgehead atoms. The van der Waals surface area contributed by atoms with Crippen LogP contribution in [0.5, 0.6) is 0 Å². The third-order valence-corrected chi connectivity index (χ3v) is 4.76. The third-order valence-electron chi connectivity index (χ3n) is 3.00. The van der Waals surface area contributed by atoms with Gasteiger partial charge in [-0.15, -0.1) is 11.8 Å². The van der Waals surface area contributed by atoms with Gasteiger partial charge in [-0.25, -0.2) is 0 Å². The average Bonchev–Trinajstić information content (AvgIpc) is 2.54.